The highest BCUT2D eigenvalue weighted by atomic mass is 16.2. The molecule has 0 saturated heterocycles. The molecule has 1 amide bonds. The molecule has 0 atom stereocenters. The molecular formula is C15H29N5O. The van der Waals surface area contributed by atoms with E-state index in [1.54, 1.807) is 12.5 Å². The van der Waals surface area contributed by atoms with Crippen LogP contribution in [0.25, 0.3) is 0 Å². The maximum Gasteiger partial charge on any atom is 0.274 e. The topological polar surface area (TPSA) is 67.4 Å². The van der Waals surface area contributed by atoms with E-state index in [0.717, 1.165) is 32.6 Å². The van der Waals surface area contributed by atoms with Crippen LogP contribution in [-0.4, -0.2) is 64.5 Å². The normalized spacial score (nSPS) is 11.1. The summed E-state index contributed by atoms with van der Waals surface area (Å²) in [6.07, 6.45) is 4.44. The molecule has 21 heavy (non-hydrogen) atoms. The number of imidazole rings is 1. The molecule has 6 heteroatoms. The zero-order valence-electron chi connectivity index (χ0n) is 13.6. The van der Waals surface area contributed by atoms with Crippen molar-refractivity contribution in [3.8, 4) is 0 Å². The summed E-state index contributed by atoms with van der Waals surface area (Å²) in [6, 6.07) is 0. The third kappa shape index (κ3) is 5.47. The largest absolute Gasteiger partial charge is 0.337 e. The molecule has 0 aliphatic heterocycles. The first-order valence-corrected chi connectivity index (χ1v) is 7.89. The van der Waals surface area contributed by atoms with Crippen molar-refractivity contribution in [1.29, 1.82) is 0 Å². The number of aromatic nitrogens is 2. The first kappa shape index (κ1) is 17.7. The quantitative estimate of drug-likeness (QED) is 0.700. The Balaban J connectivity index is 2.51. The van der Waals surface area contributed by atoms with E-state index in [0.29, 0.717) is 25.3 Å². The average molecular weight is 295 g/mol. The Labute approximate surface area is 127 Å². The summed E-state index contributed by atoms with van der Waals surface area (Å²) in [6.45, 7) is 12.2. The Morgan fingerprint density at radius 2 is 1.95 bits per heavy atom. The second kappa shape index (κ2) is 9.52. The van der Waals surface area contributed by atoms with Crippen molar-refractivity contribution in [2.75, 3.05) is 39.3 Å². The van der Waals surface area contributed by atoms with Crippen LogP contribution in [0.3, 0.4) is 0 Å². The molecule has 0 saturated carbocycles. The van der Waals surface area contributed by atoms with E-state index in [-0.39, 0.29) is 5.91 Å². The Kier molecular flexibility index (Phi) is 8.00. The number of carbonyl (C=O) groups is 1. The van der Waals surface area contributed by atoms with Gasteiger partial charge < -0.3 is 20.1 Å². The number of nitrogens with zero attached hydrogens (tertiary/aromatic N) is 4. The summed E-state index contributed by atoms with van der Waals surface area (Å²) >= 11 is 0. The second-order valence-electron chi connectivity index (χ2n) is 5.05. The lowest BCUT2D eigenvalue weighted by molar-refractivity contribution is 0.0752. The number of rotatable bonds is 10. The molecule has 1 aromatic rings. The van der Waals surface area contributed by atoms with E-state index >= 15 is 0 Å². The average Bonchev–Trinajstić information content (AvgIpc) is 2.96. The first-order chi connectivity index (χ1) is 10.2. The summed E-state index contributed by atoms with van der Waals surface area (Å²) in [5.41, 5.74) is 6.01. The maximum atomic E-state index is 12.4. The molecule has 1 aromatic heterocycles. The third-order valence-corrected chi connectivity index (χ3v) is 3.71. The van der Waals surface area contributed by atoms with Crippen molar-refractivity contribution < 1.29 is 4.79 Å². The zero-order valence-corrected chi connectivity index (χ0v) is 13.6. The minimum absolute atomic E-state index is 0.00724. The molecule has 0 aromatic carbocycles. The second-order valence-corrected chi connectivity index (χ2v) is 5.05. The number of carbonyl (C=O) groups excluding carboxylic acids is 1. The van der Waals surface area contributed by atoms with Gasteiger partial charge in [0.25, 0.3) is 5.91 Å². The lowest BCUT2D eigenvalue weighted by Gasteiger charge is -2.23. The minimum atomic E-state index is 0.00724. The standard InChI is InChI=1S/C15H29N5O/c1-4-18(5-2)9-7-10-20(6-3)15(21)14-12-19(11-8-16)13-17-14/h12-13H,4-11,16H2,1-3H3. The van der Waals surface area contributed by atoms with Crippen molar-refractivity contribution in [3.63, 3.8) is 0 Å². The molecule has 1 heterocycles. The monoisotopic (exact) mass is 295 g/mol. The molecule has 0 aliphatic carbocycles. The van der Waals surface area contributed by atoms with Gasteiger partial charge in [-0.15, -0.1) is 0 Å². The number of hydrogen-bond donors (Lipinski definition) is 1. The van der Waals surface area contributed by atoms with E-state index in [4.69, 9.17) is 5.73 Å². The maximum absolute atomic E-state index is 12.4. The van der Waals surface area contributed by atoms with Crippen molar-refractivity contribution >= 4 is 5.91 Å². The summed E-state index contributed by atoms with van der Waals surface area (Å²) in [7, 11) is 0. The lowest BCUT2D eigenvalue weighted by Crippen LogP contribution is -2.34. The van der Waals surface area contributed by atoms with Gasteiger partial charge in [-0.25, -0.2) is 4.98 Å². The van der Waals surface area contributed by atoms with Crippen LogP contribution in [0.2, 0.25) is 0 Å². The molecule has 0 spiro atoms. The van der Waals surface area contributed by atoms with Crippen LogP contribution in [0.1, 0.15) is 37.7 Å². The van der Waals surface area contributed by atoms with Crippen LogP contribution < -0.4 is 5.73 Å². The fraction of sp³-hybridized carbons (Fsp3) is 0.733. The summed E-state index contributed by atoms with van der Waals surface area (Å²) in [5.74, 6) is 0.00724. The van der Waals surface area contributed by atoms with Gasteiger partial charge >= 0.3 is 0 Å². The van der Waals surface area contributed by atoms with Gasteiger partial charge in [0.1, 0.15) is 5.69 Å². The number of amides is 1. The highest BCUT2D eigenvalue weighted by Gasteiger charge is 2.16. The molecule has 1 rings (SSSR count). The van der Waals surface area contributed by atoms with E-state index in [9.17, 15) is 4.79 Å². The predicted molar refractivity (Wildman–Crippen MR) is 85.3 cm³/mol. The Morgan fingerprint density at radius 1 is 1.24 bits per heavy atom. The molecule has 0 aliphatic rings. The van der Waals surface area contributed by atoms with E-state index in [2.05, 4.69) is 23.7 Å². The van der Waals surface area contributed by atoms with Crippen LogP contribution in [-0.2, 0) is 6.54 Å². The molecule has 0 bridgehead atoms. The van der Waals surface area contributed by atoms with E-state index in [1.807, 2.05) is 16.4 Å². The molecule has 6 nitrogen and oxygen atoms in total. The van der Waals surface area contributed by atoms with E-state index in [1.165, 1.54) is 0 Å². The van der Waals surface area contributed by atoms with Gasteiger partial charge in [0.15, 0.2) is 0 Å². The minimum Gasteiger partial charge on any atom is -0.337 e. The fourth-order valence-electron chi connectivity index (χ4n) is 2.33. The Hall–Kier alpha value is -1.40. The highest BCUT2D eigenvalue weighted by Crippen LogP contribution is 2.04. The molecule has 0 fully saturated rings. The Bertz CT molecular complexity index is 414. The van der Waals surface area contributed by atoms with Gasteiger partial charge in [-0.1, -0.05) is 13.8 Å². The summed E-state index contributed by atoms with van der Waals surface area (Å²) < 4.78 is 1.86. The molecule has 2 N–H and O–H groups in total. The zero-order chi connectivity index (χ0) is 15.7. The van der Waals surface area contributed by atoms with Gasteiger partial charge in [-0.05, 0) is 33.0 Å². The van der Waals surface area contributed by atoms with Gasteiger partial charge in [0.05, 0.1) is 6.33 Å². The van der Waals surface area contributed by atoms with Crippen LogP contribution in [0.4, 0.5) is 0 Å². The number of nitrogens with two attached hydrogens (primary N) is 1. The van der Waals surface area contributed by atoms with Crippen molar-refractivity contribution in [1.82, 2.24) is 19.4 Å². The van der Waals surface area contributed by atoms with Gasteiger partial charge in [-0.2, -0.15) is 0 Å². The van der Waals surface area contributed by atoms with Crippen LogP contribution in [0, 0.1) is 0 Å². The van der Waals surface area contributed by atoms with Crippen LogP contribution >= 0.6 is 0 Å². The highest BCUT2D eigenvalue weighted by molar-refractivity contribution is 5.92. The molecular weight excluding hydrogens is 266 g/mol. The predicted octanol–water partition coefficient (Wildman–Crippen LogP) is 1.04. The van der Waals surface area contributed by atoms with Crippen molar-refractivity contribution in [3.05, 3.63) is 18.2 Å². The third-order valence-electron chi connectivity index (χ3n) is 3.71. The van der Waals surface area contributed by atoms with Gasteiger partial charge in [0, 0.05) is 32.4 Å². The van der Waals surface area contributed by atoms with Gasteiger partial charge in [0.2, 0.25) is 0 Å². The SMILES string of the molecule is CCN(CC)CCCN(CC)C(=O)c1cn(CCN)cn1. The molecule has 0 unspecified atom stereocenters. The van der Waals surface area contributed by atoms with Crippen LogP contribution in [0.15, 0.2) is 12.5 Å². The number of hydrogen-bond acceptors (Lipinski definition) is 4. The van der Waals surface area contributed by atoms with Crippen LogP contribution in [0.5, 0.6) is 0 Å². The molecule has 120 valence electrons. The summed E-state index contributed by atoms with van der Waals surface area (Å²) in [5, 5.41) is 0. The Morgan fingerprint density at radius 3 is 2.52 bits per heavy atom. The first-order valence-electron chi connectivity index (χ1n) is 7.89. The lowest BCUT2D eigenvalue weighted by atomic mass is 10.3. The molecule has 0 radical (unpaired) electrons. The van der Waals surface area contributed by atoms with E-state index < -0.39 is 0 Å². The van der Waals surface area contributed by atoms with Crippen molar-refractivity contribution in [2.24, 2.45) is 5.73 Å². The smallest absolute Gasteiger partial charge is 0.274 e. The van der Waals surface area contributed by atoms with Crippen molar-refractivity contribution in [2.45, 2.75) is 33.7 Å². The fourth-order valence-corrected chi connectivity index (χ4v) is 2.33. The van der Waals surface area contributed by atoms with Gasteiger partial charge in [-0.3, -0.25) is 4.79 Å². The summed E-state index contributed by atoms with van der Waals surface area (Å²) in [4.78, 5) is 20.8.